The standard InChI is InChI=1S/C13H17N3O/c17-13-11-5-3-7-15-12(11)9-16(13)8-10-4-1-2-6-14-10/h1-2,4,6,11-12,15H,3,5,7-9H2. The average Bonchev–Trinajstić information content (AvgIpc) is 2.68. The van der Waals surface area contributed by atoms with Gasteiger partial charge in [0.25, 0.3) is 0 Å². The first-order valence-electron chi connectivity index (χ1n) is 6.26. The Morgan fingerprint density at radius 1 is 1.47 bits per heavy atom. The van der Waals surface area contributed by atoms with Crippen molar-refractivity contribution >= 4 is 5.91 Å². The fourth-order valence-corrected chi connectivity index (χ4v) is 2.83. The number of carbonyl (C=O) groups excluding carboxylic acids is 1. The van der Waals surface area contributed by atoms with Gasteiger partial charge in [-0.1, -0.05) is 6.07 Å². The van der Waals surface area contributed by atoms with Crippen LogP contribution in [0.3, 0.4) is 0 Å². The van der Waals surface area contributed by atoms with Crippen LogP contribution in [0.4, 0.5) is 0 Å². The number of piperidine rings is 1. The Bertz CT molecular complexity index is 406. The summed E-state index contributed by atoms with van der Waals surface area (Å²) in [6, 6.07) is 6.20. The maximum Gasteiger partial charge on any atom is 0.227 e. The number of nitrogens with zero attached hydrogens (tertiary/aromatic N) is 2. The van der Waals surface area contributed by atoms with Crippen LogP contribution in [-0.2, 0) is 11.3 Å². The van der Waals surface area contributed by atoms with Gasteiger partial charge in [0.1, 0.15) is 0 Å². The lowest BCUT2D eigenvalue weighted by Gasteiger charge is -2.23. The Morgan fingerprint density at radius 2 is 2.41 bits per heavy atom. The third kappa shape index (κ3) is 2.05. The molecule has 4 nitrogen and oxygen atoms in total. The number of pyridine rings is 1. The SMILES string of the molecule is O=C1C2CCCNC2CN1Cc1ccccn1. The number of amides is 1. The van der Waals surface area contributed by atoms with Gasteiger partial charge in [-0.2, -0.15) is 0 Å². The molecule has 0 spiro atoms. The predicted molar refractivity (Wildman–Crippen MR) is 64.2 cm³/mol. The zero-order valence-electron chi connectivity index (χ0n) is 9.80. The van der Waals surface area contributed by atoms with E-state index in [4.69, 9.17) is 0 Å². The molecule has 90 valence electrons. The normalized spacial score (nSPS) is 28.2. The lowest BCUT2D eigenvalue weighted by molar-refractivity contribution is -0.132. The van der Waals surface area contributed by atoms with Gasteiger partial charge in [0.15, 0.2) is 0 Å². The molecule has 2 atom stereocenters. The third-order valence-electron chi connectivity index (χ3n) is 3.71. The maximum atomic E-state index is 12.2. The summed E-state index contributed by atoms with van der Waals surface area (Å²) in [5.41, 5.74) is 0.972. The molecule has 0 aromatic carbocycles. The largest absolute Gasteiger partial charge is 0.335 e. The highest BCUT2D eigenvalue weighted by Crippen LogP contribution is 2.27. The smallest absolute Gasteiger partial charge is 0.227 e. The molecule has 3 heterocycles. The van der Waals surface area contributed by atoms with Gasteiger partial charge in [0.2, 0.25) is 5.91 Å². The minimum Gasteiger partial charge on any atom is -0.335 e. The van der Waals surface area contributed by atoms with Crippen LogP contribution in [0.25, 0.3) is 0 Å². The van der Waals surface area contributed by atoms with Crippen LogP contribution in [0, 0.1) is 5.92 Å². The van der Waals surface area contributed by atoms with E-state index >= 15 is 0 Å². The van der Waals surface area contributed by atoms with Crippen molar-refractivity contribution in [2.24, 2.45) is 5.92 Å². The fraction of sp³-hybridized carbons (Fsp3) is 0.538. The number of carbonyl (C=O) groups is 1. The van der Waals surface area contributed by atoms with Crippen LogP contribution in [0.1, 0.15) is 18.5 Å². The van der Waals surface area contributed by atoms with E-state index in [1.807, 2.05) is 23.1 Å². The first-order valence-corrected chi connectivity index (χ1v) is 6.26. The molecule has 2 saturated heterocycles. The van der Waals surface area contributed by atoms with E-state index in [1.54, 1.807) is 6.20 Å². The summed E-state index contributed by atoms with van der Waals surface area (Å²) < 4.78 is 0. The highest BCUT2D eigenvalue weighted by molar-refractivity contribution is 5.82. The quantitative estimate of drug-likeness (QED) is 0.818. The molecule has 1 N–H and O–H groups in total. The molecule has 0 aliphatic carbocycles. The van der Waals surface area contributed by atoms with Gasteiger partial charge in [-0.25, -0.2) is 0 Å². The van der Waals surface area contributed by atoms with E-state index in [0.717, 1.165) is 31.6 Å². The molecule has 2 aliphatic heterocycles. The molecule has 0 bridgehead atoms. The van der Waals surface area contributed by atoms with Crippen molar-refractivity contribution in [2.75, 3.05) is 13.1 Å². The van der Waals surface area contributed by atoms with Crippen LogP contribution in [0.5, 0.6) is 0 Å². The second-order valence-electron chi connectivity index (χ2n) is 4.85. The van der Waals surface area contributed by atoms with Crippen molar-refractivity contribution < 1.29 is 4.79 Å². The number of hydrogen-bond donors (Lipinski definition) is 1. The van der Waals surface area contributed by atoms with Gasteiger partial charge >= 0.3 is 0 Å². The number of nitrogens with one attached hydrogen (secondary N) is 1. The Morgan fingerprint density at radius 3 is 3.18 bits per heavy atom. The van der Waals surface area contributed by atoms with E-state index in [-0.39, 0.29) is 5.92 Å². The minimum atomic E-state index is 0.201. The van der Waals surface area contributed by atoms with Gasteiger partial charge in [0.05, 0.1) is 18.2 Å². The Kier molecular flexibility index (Phi) is 2.81. The molecule has 3 rings (SSSR count). The highest BCUT2D eigenvalue weighted by atomic mass is 16.2. The molecule has 1 amide bonds. The minimum absolute atomic E-state index is 0.201. The van der Waals surface area contributed by atoms with Gasteiger partial charge < -0.3 is 10.2 Å². The lowest BCUT2D eigenvalue weighted by Crippen LogP contribution is -2.41. The van der Waals surface area contributed by atoms with E-state index < -0.39 is 0 Å². The van der Waals surface area contributed by atoms with Crippen LogP contribution >= 0.6 is 0 Å². The van der Waals surface area contributed by atoms with Gasteiger partial charge in [-0.3, -0.25) is 9.78 Å². The van der Waals surface area contributed by atoms with E-state index in [1.165, 1.54) is 0 Å². The Balaban J connectivity index is 1.71. The Hall–Kier alpha value is -1.42. The molecule has 1 aromatic rings. The molecule has 17 heavy (non-hydrogen) atoms. The molecular formula is C13H17N3O. The average molecular weight is 231 g/mol. The summed E-state index contributed by atoms with van der Waals surface area (Å²) in [6.07, 6.45) is 3.93. The van der Waals surface area contributed by atoms with E-state index in [9.17, 15) is 4.79 Å². The maximum absolute atomic E-state index is 12.2. The summed E-state index contributed by atoms with van der Waals surface area (Å²) in [6.45, 7) is 2.53. The second kappa shape index (κ2) is 4.45. The van der Waals surface area contributed by atoms with Crippen molar-refractivity contribution in [1.82, 2.24) is 15.2 Å². The summed E-state index contributed by atoms with van der Waals surface area (Å²) in [5.74, 6) is 0.500. The second-order valence-corrected chi connectivity index (χ2v) is 4.85. The topological polar surface area (TPSA) is 45.2 Å². The molecule has 4 heteroatoms. The molecule has 2 aliphatic rings. The third-order valence-corrected chi connectivity index (χ3v) is 3.71. The van der Waals surface area contributed by atoms with Crippen LogP contribution in [0.15, 0.2) is 24.4 Å². The Labute approximate surface area is 101 Å². The van der Waals surface area contributed by atoms with Crippen molar-refractivity contribution in [3.05, 3.63) is 30.1 Å². The molecule has 1 aromatic heterocycles. The first-order chi connectivity index (χ1) is 8.34. The van der Waals surface area contributed by atoms with Gasteiger partial charge in [-0.05, 0) is 31.5 Å². The van der Waals surface area contributed by atoms with Crippen LogP contribution < -0.4 is 5.32 Å². The zero-order valence-corrected chi connectivity index (χ0v) is 9.80. The van der Waals surface area contributed by atoms with E-state index in [0.29, 0.717) is 18.5 Å². The number of hydrogen-bond acceptors (Lipinski definition) is 3. The molecular weight excluding hydrogens is 214 g/mol. The summed E-state index contributed by atoms with van der Waals surface area (Å²) in [4.78, 5) is 18.4. The van der Waals surface area contributed by atoms with Crippen LogP contribution in [-0.4, -0.2) is 34.9 Å². The predicted octanol–water partition coefficient (Wildman–Crippen LogP) is 0.792. The zero-order chi connectivity index (χ0) is 11.7. The van der Waals surface area contributed by atoms with Crippen molar-refractivity contribution in [3.63, 3.8) is 0 Å². The summed E-state index contributed by atoms with van der Waals surface area (Å²) in [7, 11) is 0. The summed E-state index contributed by atoms with van der Waals surface area (Å²) in [5, 5.41) is 3.44. The number of fused-ring (bicyclic) bond motifs is 1. The number of likely N-dealkylation sites (tertiary alicyclic amines) is 1. The van der Waals surface area contributed by atoms with Crippen molar-refractivity contribution in [3.8, 4) is 0 Å². The highest BCUT2D eigenvalue weighted by Gasteiger charge is 2.41. The fourth-order valence-electron chi connectivity index (χ4n) is 2.83. The lowest BCUT2D eigenvalue weighted by atomic mass is 9.94. The molecule has 2 fully saturated rings. The number of aromatic nitrogens is 1. The van der Waals surface area contributed by atoms with Crippen LogP contribution in [0.2, 0.25) is 0 Å². The molecule has 2 unspecified atom stereocenters. The number of rotatable bonds is 2. The van der Waals surface area contributed by atoms with E-state index in [2.05, 4.69) is 10.3 Å². The van der Waals surface area contributed by atoms with Crippen molar-refractivity contribution in [1.29, 1.82) is 0 Å². The van der Waals surface area contributed by atoms with Gasteiger partial charge in [-0.15, -0.1) is 0 Å². The van der Waals surface area contributed by atoms with Crippen molar-refractivity contribution in [2.45, 2.75) is 25.4 Å². The molecule has 0 saturated carbocycles. The monoisotopic (exact) mass is 231 g/mol. The van der Waals surface area contributed by atoms with Gasteiger partial charge in [0, 0.05) is 18.8 Å². The first kappa shape index (κ1) is 10.7. The summed E-state index contributed by atoms with van der Waals surface area (Å²) >= 11 is 0. The molecule has 0 radical (unpaired) electrons.